The number of methoxy groups -OCH3 is 1. The topological polar surface area (TPSA) is 84.0 Å². The van der Waals surface area contributed by atoms with Gasteiger partial charge in [0.15, 0.2) is 0 Å². The second-order valence-electron chi connectivity index (χ2n) is 5.17. The van der Waals surface area contributed by atoms with E-state index in [2.05, 4.69) is 4.74 Å². The molecule has 0 bridgehead atoms. The number of halogens is 1. The third-order valence-electron chi connectivity index (χ3n) is 3.59. The molecule has 1 aliphatic heterocycles. The lowest BCUT2D eigenvalue weighted by molar-refractivity contribution is -0.146. The first-order valence-corrected chi connectivity index (χ1v) is 8.68. The summed E-state index contributed by atoms with van der Waals surface area (Å²) >= 11 is 0. The Labute approximate surface area is 133 Å². The second kappa shape index (κ2) is 6.63. The van der Waals surface area contributed by atoms with E-state index in [-0.39, 0.29) is 25.2 Å². The molecule has 7 nitrogen and oxygen atoms in total. The molecule has 1 aromatic carbocycles. The summed E-state index contributed by atoms with van der Waals surface area (Å²) in [5.41, 5.74) is 0.140. The molecular formula is C14H17FN2O5S. The van der Waals surface area contributed by atoms with Gasteiger partial charge in [-0.2, -0.15) is 4.31 Å². The van der Waals surface area contributed by atoms with Gasteiger partial charge in [0, 0.05) is 25.2 Å². The summed E-state index contributed by atoms with van der Waals surface area (Å²) in [6.45, 7) is -0.0648. The van der Waals surface area contributed by atoms with Crippen LogP contribution in [0.5, 0.6) is 0 Å². The van der Waals surface area contributed by atoms with Crippen molar-refractivity contribution >= 4 is 21.9 Å². The van der Waals surface area contributed by atoms with Gasteiger partial charge in [0.2, 0.25) is 10.0 Å². The highest BCUT2D eigenvalue weighted by molar-refractivity contribution is 7.88. The van der Waals surface area contributed by atoms with Gasteiger partial charge in [0.05, 0.1) is 13.4 Å². The molecule has 0 unspecified atom stereocenters. The maximum Gasteiger partial charge on any atom is 0.326 e. The predicted octanol–water partition coefficient (Wildman–Crippen LogP) is 0.0847. The van der Waals surface area contributed by atoms with Crippen LogP contribution in [0.1, 0.15) is 10.4 Å². The smallest absolute Gasteiger partial charge is 0.326 e. The number of rotatable bonds is 3. The van der Waals surface area contributed by atoms with Gasteiger partial charge in [-0.05, 0) is 18.2 Å². The largest absolute Gasteiger partial charge is 0.468 e. The molecule has 1 saturated heterocycles. The molecule has 23 heavy (non-hydrogen) atoms. The first-order valence-electron chi connectivity index (χ1n) is 6.83. The van der Waals surface area contributed by atoms with E-state index in [0.29, 0.717) is 0 Å². The van der Waals surface area contributed by atoms with Crippen molar-refractivity contribution < 1.29 is 27.1 Å². The fourth-order valence-electron chi connectivity index (χ4n) is 2.48. The first kappa shape index (κ1) is 17.4. The van der Waals surface area contributed by atoms with Gasteiger partial charge >= 0.3 is 5.97 Å². The Morgan fingerprint density at radius 3 is 2.57 bits per heavy atom. The van der Waals surface area contributed by atoms with Crippen LogP contribution in [0.25, 0.3) is 0 Å². The van der Waals surface area contributed by atoms with Crippen LogP contribution in [0, 0.1) is 5.82 Å². The van der Waals surface area contributed by atoms with E-state index in [1.807, 2.05) is 0 Å². The Morgan fingerprint density at radius 1 is 1.30 bits per heavy atom. The van der Waals surface area contributed by atoms with Crippen molar-refractivity contribution in [1.29, 1.82) is 0 Å². The summed E-state index contributed by atoms with van der Waals surface area (Å²) in [6.07, 6.45) is 0.993. The zero-order chi connectivity index (χ0) is 17.2. The normalized spacial score (nSPS) is 19.4. The van der Waals surface area contributed by atoms with Crippen molar-refractivity contribution in [3.63, 3.8) is 0 Å². The van der Waals surface area contributed by atoms with E-state index in [1.54, 1.807) is 0 Å². The van der Waals surface area contributed by atoms with Crippen LogP contribution in [0.4, 0.5) is 4.39 Å². The molecule has 1 atom stereocenters. The Kier molecular flexibility index (Phi) is 5.00. The van der Waals surface area contributed by atoms with Gasteiger partial charge in [-0.1, -0.05) is 6.07 Å². The molecule has 0 saturated carbocycles. The third kappa shape index (κ3) is 3.85. The molecule has 1 aliphatic rings. The average Bonchev–Trinajstić information content (AvgIpc) is 2.52. The number of sulfonamides is 1. The summed E-state index contributed by atoms with van der Waals surface area (Å²) < 4.78 is 42.4. The number of carbonyl (C=O) groups excluding carboxylic acids is 2. The molecule has 1 aromatic rings. The monoisotopic (exact) mass is 344 g/mol. The molecule has 2 rings (SSSR count). The minimum absolute atomic E-state index is 0.0281. The molecule has 1 heterocycles. The molecule has 0 N–H and O–H groups in total. The number of nitrogens with zero attached hydrogens (tertiary/aromatic N) is 2. The third-order valence-corrected chi connectivity index (χ3v) is 4.88. The molecule has 9 heteroatoms. The van der Waals surface area contributed by atoms with Crippen LogP contribution in [0.2, 0.25) is 0 Å². The van der Waals surface area contributed by atoms with Crippen molar-refractivity contribution in [1.82, 2.24) is 9.21 Å². The lowest BCUT2D eigenvalue weighted by Gasteiger charge is -2.38. The first-order chi connectivity index (χ1) is 10.7. The quantitative estimate of drug-likeness (QED) is 0.726. The lowest BCUT2D eigenvalue weighted by atomic mass is 10.1. The summed E-state index contributed by atoms with van der Waals surface area (Å²) in [7, 11) is -2.47. The number of piperazine rings is 1. The van der Waals surface area contributed by atoms with Gasteiger partial charge in [0.25, 0.3) is 5.91 Å². The summed E-state index contributed by atoms with van der Waals surface area (Å²) in [5.74, 6) is -1.76. The fraction of sp³-hybridized carbons (Fsp3) is 0.429. The highest BCUT2D eigenvalue weighted by Crippen LogP contribution is 2.17. The number of benzene rings is 1. The average molecular weight is 344 g/mol. The Balaban J connectivity index is 2.24. The van der Waals surface area contributed by atoms with Crippen LogP contribution >= 0.6 is 0 Å². The molecule has 0 aliphatic carbocycles. The highest BCUT2D eigenvalue weighted by atomic mass is 32.2. The number of hydrogen-bond acceptors (Lipinski definition) is 5. The van der Waals surface area contributed by atoms with Crippen LogP contribution in [-0.2, 0) is 19.6 Å². The van der Waals surface area contributed by atoms with Crippen LogP contribution in [0.3, 0.4) is 0 Å². The Hall–Kier alpha value is -2.00. The Bertz CT molecular complexity index is 722. The molecule has 0 radical (unpaired) electrons. The van der Waals surface area contributed by atoms with Gasteiger partial charge in [-0.3, -0.25) is 9.59 Å². The molecule has 0 aromatic heterocycles. The Morgan fingerprint density at radius 2 is 2.00 bits per heavy atom. The minimum Gasteiger partial charge on any atom is -0.468 e. The van der Waals surface area contributed by atoms with E-state index in [9.17, 15) is 22.4 Å². The second-order valence-corrected chi connectivity index (χ2v) is 7.11. The van der Waals surface area contributed by atoms with E-state index >= 15 is 0 Å². The van der Waals surface area contributed by atoms with Crippen molar-refractivity contribution in [2.45, 2.75) is 6.04 Å². The van der Waals surface area contributed by atoms with Gasteiger partial charge in [0.1, 0.15) is 11.9 Å². The summed E-state index contributed by atoms with van der Waals surface area (Å²) in [5, 5.41) is 0. The van der Waals surface area contributed by atoms with Crippen LogP contribution in [-0.4, -0.2) is 68.5 Å². The van der Waals surface area contributed by atoms with Crippen molar-refractivity contribution in [2.75, 3.05) is 33.0 Å². The summed E-state index contributed by atoms with van der Waals surface area (Å²) in [6, 6.07) is 4.07. The maximum atomic E-state index is 13.2. The molecule has 0 spiro atoms. The number of amides is 1. The molecule has 1 amide bonds. The predicted molar refractivity (Wildman–Crippen MR) is 79.7 cm³/mol. The van der Waals surface area contributed by atoms with Gasteiger partial charge in [-0.25, -0.2) is 12.8 Å². The van der Waals surface area contributed by atoms with Crippen molar-refractivity contribution in [2.24, 2.45) is 0 Å². The number of ether oxygens (including phenoxy) is 1. The van der Waals surface area contributed by atoms with Crippen LogP contribution < -0.4 is 0 Å². The molecule has 1 fully saturated rings. The van der Waals surface area contributed by atoms with Crippen LogP contribution in [0.15, 0.2) is 24.3 Å². The van der Waals surface area contributed by atoms with Crippen molar-refractivity contribution in [3.8, 4) is 0 Å². The van der Waals surface area contributed by atoms with E-state index in [0.717, 1.165) is 23.7 Å². The molecule has 126 valence electrons. The van der Waals surface area contributed by atoms with E-state index in [4.69, 9.17) is 0 Å². The highest BCUT2D eigenvalue weighted by Gasteiger charge is 2.39. The van der Waals surface area contributed by atoms with E-state index < -0.39 is 33.8 Å². The maximum absolute atomic E-state index is 13.2. The summed E-state index contributed by atoms with van der Waals surface area (Å²) in [4.78, 5) is 25.6. The van der Waals surface area contributed by atoms with E-state index in [1.165, 1.54) is 23.1 Å². The van der Waals surface area contributed by atoms with Gasteiger partial charge < -0.3 is 9.64 Å². The SMILES string of the molecule is COC(=O)[C@@H]1CN(C(=O)c2cccc(F)c2)CCN1S(C)(=O)=O. The zero-order valence-electron chi connectivity index (χ0n) is 12.7. The fourth-order valence-corrected chi connectivity index (χ4v) is 3.51. The number of hydrogen-bond donors (Lipinski definition) is 0. The zero-order valence-corrected chi connectivity index (χ0v) is 13.5. The number of carbonyl (C=O) groups is 2. The van der Waals surface area contributed by atoms with Gasteiger partial charge in [-0.15, -0.1) is 0 Å². The molecular weight excluding hydrogens is 327 g/mol. The van der Waals surface area contributed by atoms with Crippen molar-refractivity contribution in [3.05, 3.63) is 35.6 Å². The lowest BCUT2D eigenvalue weighted by Crippen LogP contribution is -2.59. The standard InChI is InChI=1S/C14H17FN2O5S/c1-22-14(19)12-9-16(6-7-17(12)23(2,20)21)13(18)10-4-3-5-11(15)8-10/h3-5,8,12H,6-7,9H2,1-2H3/t12-/m0/s1. The number of esters is 1. The minimum atomic E-state index is -3.62.